The summed E-state index contributed by atoms with van der Waals surface area (Å²) in [6.07, 6.45) is -8.50. The van der Waals surface area contributed by atoms with Crippen LogP contribution in [-0.2, 0) is 0 Å². The molecule has 0 fully saturated rings. The first-order valence-electron chi connectivity index (χ1n) is 3.57. The highest BCUT2D eigenvalue weighted by Gasteiger charge is 2.81. The monoisotopic (exact) mass is 374 g/mol. The third-order valence-electron chi connectivity index (χ3n) is 1.62. The van der Waals surface area contributed by atoms with Crippen LogP contribution in [0.5, 0.6) is 0 Å². The minimum absolute atomic E-state index is 0.686. The minimum atomic E-state index is -6.77. The Bertz CT molecular complexity index is 243. The molecular formula is C6H4F9I. The fourth-order valence-electron chi connectivity index (χ4n) is 0.683. The molecule has 0 aromatic rings. The largest absolute Gasteiger partial charge is 0.460 e. The number of hydrogen-bond donors (Lipinski definition) is 0. The fourth-order valence-corrected chi connectivity index (χ4v) is 1.36. The predicted octanol–water partition coefficient (Wildman–Crippen LogP) is 4.28. The molecule has 0 atom stereocenters. The van der Waals surface area contributed by atoms with Crippen LogP contribution >= 0.6 is 22.6 Å². The van der Waals surface area contributed by atoms with Crippen LogP contribution in [0.4, 0.5) is 39.5 Å². The summed E-state index contributed by atoms with van der Waals surface area (Å²) in [5, 5.41) is 0. The van der Waals surface area contributed by atoms with Crippen molar-refractivity contribution < 1.29 is 39.5 Å². The molecule has 16 heavy (non-hydrogen) atoms. The summed E-state index contributed by atoms with van der Waals surface area (Å²) in [6, 6.07) is 0. The van der Waals surface area contributed by atoms with Crippen LogP contribution < -0.4 is 0 Å². The zero-order valence-electron chi connectivity index (χ0n) is 7.19. The van der Waals surface area contributed by atoms with Crippen LogP contribution in [0.1, 0.15) is 6.42 Å². The molecule has 0 aliphatic heterocycles. The van der Waals surface area contributed by atoms with Gasteiger partial charge in [0.25, 0.3) is 0 Å². The Labute approximate surface area is 97.3 Å². The Kier molecular flexibility index (Phi) is 4.43. The molecule has 0 spiro atoms. The standard InChI is InChI=1S/C6H4F9I/c7-3(8,1-2-16)4(9,10)5(11,12)6(13,14)15/h1-2H2. The smallest absolute Gasteiger partial charge is 0.200 e. The molecule has 0 amide bonds. The Hall–Kier alpha value is 0.1000. The maximum Gasteiger partial charge on any atom is 0.460 e. The summed E-state index contributed by atoms with van der Waals surface area (Å²) in [5.74, 6) is -18.7. The zero-order chi connectivity index (χ0) is 13.4. The van der Waals surface area contributed by atoms with Gasteiger partial charge in [-0.05, 0) is 0 Å². The van der Waals surface area contributed by atoms with Gasteiger partial charge in [-0.3, -0.25) is 0 Å². The molecule has 0 saturated carbocycles. The van der Waals surface area contributed by atoms with Crippen molar-refractivity contribution in [3.8, 4) is 0 Å². The van der Waals surface area contributed by atoms with Crippen LogP contribution in [0.3, 0.4) is 0 Å². The molecule has 0 N–H and O–H groups in total. The Morgan fingerprint density at radius 3 is 1.31 bits per heavy atom. The molecular weight excluding hydrogens is 370 g/mol. The average molecular weight is 374 g/mol. The van der Waals surface area contributed by atoms with Gasteiger partial charge in [-0.15, -0.1) is 0 Å². The highest BCUT2D eigenvalue weighted by Crippen LogP contribution is 2.53. The van der Waals surface area contributed by atoms with Gasteiger partial charge in [-0.1, -0.05) is 22.6 Å². The lowest BCUT2D eigenvalue weighted by atomic mass is 10.0. The lowest BCUT2D eigenvalue weighted by Crippen LogP contribution is -2.60. The first-order chi connectivity index (χ1) is 6.81. The second kappa shape index (κ2) is 4.41. The molecule has 0 aromatic carbocycles. The predicted molar refractivity (Wildman–Crippen MR) is 44.4 cm³/mol. The molecule has 0 aliphatic carbocycles. The molecule has 0 aliphatic rings. The van der Waals surface area contributed by atoms with Gasteiger partial charge >= 0.3 is 23.9 Å². The van der Waals surface area contributed by atoms with Gasteiger partial charge < -0.3 is 0 Å². The van der Waals surface area contributed by atoms with Gasteiger partial charge in [0.15, 0.2) is 0 Å². The maximum absolute atomic E-state index is 12.5. The second-order valence-corrected chi connectivity index (χ2v) is 3.87. The summed E-state index contributed by atoms with van der Waals surface area (Å²) in [6.45, 7) is 0. The van der Waals surface area contributed by atoms with Gasteiger partial charge in [-0.2, -0.15) is 39.5 Å². The molecule has 0 unspecified atom stereocenters. The van der Waals surface area contributed by atoms with Gasteiger partial charge in [-0.25, -0.2) is 0 Å². The van der Waals surface area contributed by atoms with Crippen molar-refractivity contribution in [3.05, 3.63) is 0 Å². The van der Waals surface area contributed by atoms with Crippen molar-refractivity contribution >= 4 is 22.6 Å². The van der Waals surface area contributed by atoms with E-state index in [-0.39, 0.29) is 0 Å². The van der Waals surface area contributed by atoms with Gasteiger partial charge in [0.1, 0.15) is 0 Å². The number of rotatable bonds is 4. The van der Waals surface area contributed by atoms with E-state index in [0.717, 1.165) is 22.6 Å². The van der Waals surface area contributed by atoms with Gasteiger partial charge in [0, 0.05) is 10.8 Å². The van der Waals surface area contributed by atoms with E-state index in [1.54, 1.807) is 0 Å². The number of alkyl halides is 10. The molecule has 0 saturated heterocycles. The molecule has 0 rings (SSSR count). The van der Waals surface area contributed by atoms with E-state index in [4.69, 9.17) is 0 Å². The van der Waals surface area contributed by atoms with E-state index in [1.807, 2.05) is 0 Å². The SMILES string of the molecule is FC(F)(F)C(F)(F)C(F)(F)C(F)(F)CCI. The highest BCUT2D eigenvalue weighted by molar-refractivity contribution is 14.1. The Balaban J connectivity index is 5.34. The van der Waals surface area contributed by atoms with E-state index in [9.17, 15) is 39.5 Å². The number of halogens is 10. The lowest BCUT2D eigenvalue weighted by molar-refractivity contribution is -0.396. The molecule has 0 aromatic heterocycles. The molecule has 98 valence electrons. The van der Waals surface area contributed by atoms with E-state index in [0.29, 0.717) is 0 Å². The number of hydrogen-bond acceptors (Lipinski definition) is 0. The Morgan fingerprint density at radius 1 is 0.688 bits per heavy atom. The molecule has 0 radical (unpaired) electrons. The summed E-state index contributed by atoms with van der Waals surface area (Å²) in [5.41, 5.74) is 0. The van der Waals surface area contributed by atoms with Crippen LogP contribution in [0.15, 0.2) is 0 Å². The van der Waals surface area contributed by atoms with Crippen LogP contribution in [-0.4, -0.2) is 28.4 Å². The fraction of sp³-hybridized carbons (Fsp3) is 1.00. The van der Waals surface area contributed by atoms with E-state index < -0.39 is 34.8 Å². The molecule has 10 heteroatoms. The lowest BCUT2D eigenvalue weighted by Gasteiger charge is -2.33. The van der Waals surface area contributed by atoms with Gasteiger partial charge in [0.05, 0.1) is 0 Å². The van der Waals surface area contributed by atoms with Gasteiger partial charge in [0.2, 0.25) is 0 Å². The van der Waals surface area contributed by atoms with Crippen molar-refractivity contribution in [2.24, 2.45) is 0 Å². The van der Waals surface area contributed by atoms with E-state index in [2.05, 4.69) is 0 Å². The van der Waals surface area contributed by atoms with Crippen molar-refractivity contribution in [3.63, 3.8) is 0 Å². The van der Waals surface area contributed by atoms with Crippen molar-refractivity contribution in [1.82, 2.24) is 0 Å². The zero-order valence-corrected chi connectivity index (χ0v) is 9.35. The summed E-state index contributed by atoms with van der Waals surface area (Å²) in [4.78, 5) is 0. The molecule has 0 heterocycles. The quantitative estimate of drug-likeness (QED) is 0.392. The minimum Gasteiger partial charge on any atom is -0.200 e. The summed E-state index contributed by atoms with van der Waals surface area (Å²) < 4.78 is 108. The maximum atomic E-state index is 12.5. The second-order valence-electron chi connectivity index (χ2n) is 2.79. The van der Waals surface area contributed by atoms with Crippen LogP contribution in [0.2, 0.25) is 0 Å². The van der Waals surface area contributed by atoms with Crippen molar-refractivity contribution in [2.45, 2.75) is 30.4 Å². The van der Waals surface area contributed by atoms with Crippen LogP contribution in [0, 0.1) is 0 Å². The topological polar surface area (TPSA) is 0 Å². The third kappa shape index (κ3) is 2.50. The van der Waals surface area contributed by atoms with E-state index in [1.165, 1.54) is 0 Å². The first-order valence-corrected chi connectivity index (χ1v) is 5.10. The molecule has 0 nitrogen and oxygen atoms in total. The molecule has 0 bridgehead atoms. The highest BCUT2D eigenvalue weighted by atomic mass is 127. The van der Waals surface area contributed by atoms with Crippen molar-refractivity contribution in [2.75, 3.05) is 4.43 Å². The average Bonchev–Trinajstić information content (AvgIpc) is 2.01. The van der Waals surface area contributed by atoms with Crippen LogP contribution in [0.25, 0.3) is 0 Å². The summed E-state index contributed by atoms with van der Waals surface area (Å²) in [7, 11) is 0. The van der Waals surface area contributed by atoms with Crippen molar-refractivity contribution in [1.29, 1.82) is 0 Å². The summed E-state index contributed by atoms with van der Waals surface area (Å²) >= 11 is 1.16. The van der Waals surface area contributed by atoms with E-state index >= 15 is 0 Å². The Morgan fingerprint density at radius 2 is 1.06 bits per heavy atom. The third-order valence-corrected chi connectivity index (χ3v) is 2.16. The normalized spacial score (nSPS) is 15.4. The first kappa shape index (κ1) is 16.1.